The smallest absolute Gasteiger partial charge is 0.143 e. The Kier molecular flexibility index (Phi) is 3.37. The van der Waals surface area contributed by atoms with Crippen molar-refractivity contribution in [3.05, 3.63) is 28.2 Å². The van der Waals surface area contributed by atoms with Gasteiger partial charge in [-0.1, -0.05) is 12.2 Å². The Balaban J connectivity index is 2.50. The standard InChI is InChI=1S/C10H13NOS/c1-7(2)4-9(12)5-10-11-8(3)6-13-10/h6H,1,4-5H2,2-3H3. The number of carbonyl (C=O) groups excluding carboxylic acids is 1. The highest BCUT2D eigenvalue weighted by molar-refractivity contribution is 7.09. The number of aromatic nitrogens is 1. The Hall–Kier alpha value is -0.960. The highest BCUT2D eigenvalue weighted by atomic mass is 32.1. The van der Waals surface area contributed by atoms with Crippen molar-refractivity contribution in [3.8, 4) is 0 Å². The average molecular weight is 195 g/mol. The molecule has 0 aliphatic carbocycles. The minimum atomic E-state index is 0.196. The second kappa shape index (κ2) is 4.33. The minimum absolute atomic E-state index is 0.196. The summed E-state index contributed by atoms with van der Waals surface area (Å²) in [7, 11) is 0. The van der Waals surface area contributed by atoms with Crippen LogP contribution in [0.15, 0.2) is 17.5 Å². The van der Waals surface area contributed by atoms with Crippen molar-refractivity contribution < 1.29 is 4.79 Å². The Labute approximate surface area is 82.3 Å². The molecule has 1 heterocycles. The summed E-state index contributed by atoms with van der Waals surface area (Å²) in [6.45, 7) is 7.50. The lowest BCUT2D eigenvalue weighted by atomic mass is 10.1. The van der Waals surface area contributed by atoms with Crippen LogP contribution in [-0.2, 0) is 11.2 Å². The topological polar surface area (TPSA) is 30.0 Å². The Morgan fingerprint density at radius 1 is 1.69 bits per heavy atom. The van der Waals surface area contributed by atoms with Gasteiger partial charge in [0.2, 0.25) is 0 Å². The number of thiazole rings is 1. The Morgan fingerprint density at radius 2 is 2.38 bits per heavy atom. The molecular formula is C10H13NOS. The van der Waals surface area contributed by atoms with Crippen LogP contribution in [0.1, 0.15) is 24.0 Å². The van der Waals surface area contributed by atoms with Crippen LogP contribution in [0.25, 0.3) is 0 Å². The van der Waals surface area contributed by atoms with Crippen LogP contribution in [-0.4, -0.2) is 10.8 Å². The lowest BCUT2D eigenvalue weighted by molar-refractivity contribution is -0.117. The number of aryl methyl sites for hydroxylation is 1. The zero-order valence-electron chi connectivity index (χ0n) is 7.96. The summed E-state index contributed by atoms with van der Waals surface area (Å²) in [4.78, 5) is 15.6. The summed E-state index contributed by atoms with van der Waals surface area (Å²) in [5.41, 5.74) is 1.90. The van der Waals surface area contributed by atoms with Gasteiger partial charge in [0.25, 0.3) is 0 Å². The molecule has 0 spiro atoms. The van der Waals surface area contributed by atoms with Crippen LogP contribution in [0.2, 0.25) is 0 Å². The van der Waals surface area contributed by atoms with E-state index in [4.69, 9.17) is 0 Å². The predicted molar refractivity (Wildman–Crippen MR) is 55.0 cm³/mol. The molecule has 70 valence electrons. The predicted octanol–water partition coefficient (Wildman–Crippen LogP) is 2.53. The van der Waals surface area contributed by atoms with E-state index in [2.05, 4.69) is 11.6 Å². The first-order valence-corrected chi connectivity index (χ1v) is 5.03. The number of carbonyl (C=O) groups is 1. The van der Waals surface area contributed by atoms with Crippen LogP contribution >= 0.6 is 11.3 Å². The van der Waals surface area contributed by atoms with Gasteiger partial charge in [0, 0.05) is 17.5 Å². The number of ketones is 1. The first-order chi connectivity index (χ1) is 6.08. The molecule has 2 nitrogen and oxygen atoms in total. The fourth-order valence-electron chi connectivity index (χ4n) is 1.05. The summed E-state index contributed by atoms with van der Waals surface area (Å²) in [6, 6.07) is 0. The van der Waals surface area contributed by atoms with E-state index < -0.39 is 0 Å². The van der Waals surface area contributed by atoms with E-state index in [1.165, 1.54) is 0 Å². The number of rotatable bonds is 4. The molecular weight excluding hydrogens is 182 g/mol. The number of hydrogen-bond donors (Lipinski definition) is 0. The molecule has 1 rings (SSSR count). The fourth-order valence-corrected chi connectivity index (χ4v) is 1.85. The van der Waals surface area contributed by atoms with Gasteiger partial charge in [-0.25, -0.2) is 4.98 Å². The third-order valence-corrected chi connectivity index (χ3v) is 2.48. The van der Waals surface area contributed by atoms with E-state index >= 15 is 0 Å². The fraction of sp³-hybridized carbons (Fsp3) is 0.400. The van der Waals surface area contributed by atoms with Crippen LogP contribution in [0.5, 0.6) is 0 Å². The summed E-state index contributed by atoms with van der Waals surface area (Å²) in [5.74, 6) is 0.196. The van der Waals surface area contributed by atoms with Gasteiger partial charge >= 0.3 is 0 Å². The maximum absolute atomic E-state index is 11.3. The van der Waals surface area contributed by atoms with Crippen LogP contribution in [0.3, 0.4) is 0 Å². The van der Waals surface area contributed by atoms with E-state index in [1.807, 2.05) is 19.2 Å². The molecule has 0 aromatic carbocycles. The van der Waals surface area contributed by atoms with Crippen LogP contribution < -0.4 is 0 Å². The van der Waals surface area contributed by atoms with E-state index in [0.29, 0.717) is 12.8 Å². The first kappa shape index (κ1) is 10.1. The molecule has 0 unspecified atom stereocenters. The summed E-state index contributed by atoms with van der Waals surface area (Å²) >= 11 is 1.54. The monoisotopic (exact) mass is 195 g/mol. The highest BCUT2D eigenvalue weighted by Crippen LogP contribution is 2.11. The van der Waals surface area contributed by atoms with Crippen molar-refractivity contribution in [2.45, 2.75) is 26.7 Å². The van der Waals surface area contributed by atoms with Gasteiger partial charge in [0.05, 0.1) is 6.42 Å². The van der Waals surface area contributed by atoms with Crippen LogP contribution in [0.4, 0.5) is 0 Å². The van der Waals surface area contributed by atoms with Gasteiger partial charge in [-0.2, -0.15) is 0 Å². The van der Waals surface area contributed by atoms with Crippen molar-refractivity contribution in [2.75, 3.05) is 0 Å². The number of allylic oxidation sites excluding steroid dienone is 1. The van der Waals surface area contributed by atoms with Gasteiger partial charge in [-0.15, -0.1) is 11.3 Å². The zero-order valence-corrected chi connectivity index (χ0v) is 8.78. The van der Waals surface area contributed by atoms with Crippen molar-refractivity contribution in [3.63, 3.8) is 0 Å². The Bertz CT molecular complexity index is 327. The zero-order chi connectivity index (χ0) is 9.84. The van der Waals surface area contributed by atoms with E-state index in [1.54, 1.807) is 11.3 Å². The lowest BCUT2D eigenvalue weighted by Gasteiger charge is -1.96. The lowest BCUT2D eigenvalue weighted by Crippen LogP contribution is -2.02. The number of Topliss-reactive ketones (excluding diaryl/α,β-unsaturated/α-hetero) is 1. The summed E-state index contributed by atoms with van der Waals surface area (Å²) in [6.07, 6.45) is 0.921. The molecule has 0 aliphatic rings. The summed E-state index contributed by atoms with van der Waals surface area (Å²) in [5, 5.41) is 2.87. The molecule has 1 aromatic rings. The van der Waals surface area contributed by atoms with Crippen molar-refractivity contribution in [1.29, 1.82) is 0 Å². The molecule has 0 atom stereocenters. The number of nitrogens with zero attached hydrogens (tertiary/aromatic N) is 1. The van der Waals surface area contributed by atoms with Crippen LogP contribution in [0, 0.1) is 6.92 Å². The second-order valence-electron chi connectivity index (χ2n) is 3.23. The van der Waals surface area contributed by atoms with E-state index in [0.717, 1.165) is 16.3 Å². The molecule has 0 N–H and O–H groups in total. The molecule has 3 heteroatoms. The average Bonchev–Trinajstić information content (AvgIpc) is 2.33. The van der Waals surface area contributed by atoms with E-state index in [-0.39, 0.29) is 5.78 Å². The van der Waals surface area contributed by atoms with Gasteiger partial charge in [-0.3, -0.25) is 4.79 Å². The molecule has 0 radical (unpaired) electrons. The minimum Gasteiger partial charge on any atom is -0.299 e. The first-order valence-electron chi connectivity index (χ1n) is 4.15. The quantitative estimate of drug-likeness (QED) is 0.691. The molecule has 1 aromatic heterocycles. The van der Waals surface area contributed by atoms with Gasteiger partial charge in [0.15, 0.2) is 0 Å². The number of hydrogen-bond acceptors (Lipinski definition) is 3. The SMILES string of the molecule is C=C(C)CC(=O)Cc1nc(C)cs1. The molecule has 0 bridgehead atoms. The van der Waals surface area contributed by atoms with Crippen molar-refractivity contribution in [2.24, 2.45) is 0 Å². The molecule has 0 saturated carbocycles. The molecule has 0 fully saturated rings. The van der Waals surface area contributed by atoms with E-state index in [9.17, 15) is 4.79 Å². The van der Waals surface area contributed by atoms with Crippen molar-refractivity contribution >= 4 is 17.1 Å². The summed E-state index contributed by atoms with van der Waals surface area (Å²) < 4.78 is 0. The Morgan fingerprint density at radius 3 is 2.85 bits per heavy atom. The maximum atomic E-state index is 11.3. The molecule has 0 saturated heterocycles. The third kappa shape index (κ3) is 3.51. The largest absolute Gasteiger partial charge is 0.299 e. The van der Waals surface area contributed by atoms with Gasteiger partial charge in [0.1, 0.15) is 10.8 Å². The highest BCUT2D eigenvalue weighted by Gasteiger charge is 2.06. The normalized spacial score (nSPS) is 10.0. The van der Waals surface area contributed by atoms with Gasteiger partial charge in [-0.05, 0) is 13.8 Å². The molecule has 0 aliphatic heterocycles. The maximum Gasteiger partial charge on any atom is 0.143 e. The van der Waals surface area contributed by atoms with Crippen molar-refractivity contribution in [1.82, 2.24) is 4.98 Å². The third-order valence-electron chi connectivity index (χ3n) is 1.51. The molecule has 13 heavy (non-hydrogen) atoms. The van der Waals surface area contributed by atoms with Gasteiger partial charge < -0.3 is 0 Å². The second-order valence-corrected chi connectivity index (χ2v) is 4.17. The molecule has 0 amide bonds.